The topological polar surface area (TPSA) is 59.2 Å². The fraction of sp³-hybridized carbons (Fsp3) is 0.500. The predicted molar refractivity (Wildman–Crippen MR) is 78.5 cm³/mol. The van der Waals surface area contributed by atoms with Gasteiger partial charge in [0.1, 0.15) is 4.99 Å². The third-order valence-electron chi connectivity index (χ3n) is 3.64. The summed E-state index contributed by atoms with van der Waals surface area (Å²) in [5, 5.41) is 0. The number of nitrogens with zero attached hydrogens (tertiary/aromatic N) is 2. The fourth-order valence-corrected chi connectivity index (χ4v) is 2.44. The Morgan fingerprint density at radius 2 is 2.37 bits per heavy atom. The average Bonchev–Trinajstić information content (AvgIpc) is 2.71. The van der Waals surface area contributed by atoms with Crippen LogP contribution in [0.2, 0.25) is 0 Å². The highest BCUT2D eigenvalue weighted by Crippen LogP contribution is 2.26. The number of rotatable bonds is 4. The van der Waals surface area contributed by atoms with Crippen LogP contribution in [-0.4, -0.2) is 27.3 Å². The molecule has 0 aromatic carbocycles. The molecule has 1 atom stereocenters. The molecule has 0 aliphatic carbocycles. The first-order valence-electron chi connectivity index (χ1n) is 6.50. The van der Waals surface area contributed by atoms with Gasteiger partial charge in [-0.15, -0.1) is 0 Å². The second-order valence-corrected chi connectivity index (χ2v) is 5.84. The van der Waals surface area contributed by atoms with E-state index >= 15 is 0 Å². The zero-order valence-electron chi connectivity index (χ0n) is 11.3. The van der Waals surface area contributed by atoms with Crippen LogP contribution in [0.4, 0.5) is 0 Å². The van der Waals surface area contributed by atoms with Crippen molar-refractivity contribution in [1.82, 2.24) is 9.88 Å². The van der Waals surface area contributed by atoms with Crippen molar-refractivity contribution in [3.05, 3.63) is 29.6 Å². The quantitative estimate of drug-likeness (QED) is 0.851. The van der Waals surface area contributed by atoms with Gasteiger partial charge in [-0.3, -0.25) is 9.78 Å². The van der Waals surface area contributed by atoms with Crippen LogP contribution in [0.3, 0.4) is 0 Å². The summed E-state index contributed by atoms with van der Waals surface area (Å²) >= 11 is 4.92. The Kier molecular flexibility index (Phi) is 4.14. The molecule has 1 unspecified atom stereocenters. The lowest BCUT2D eigenvalue weighted by molar-refractivity contribution is -0.128. The molecule has 2 rings (SSSR count). The summed E-state index contributed by atoms with van der Waals surface area (Å²) in [5.41, 5.74) is 7.20. The zero-order chi connectivity index (χ0) is 14.0. The first-order valence-corrected chi connectivity index (χ1v) is 6.90. The van der Waals surface area contributed by atoms with Gasteiger partial charge in [0.05, 0.1) is 5.69 Å². The SMILES string of the molecule is CC(C)C1CC(=O)N(Cc2ccnc(C(N)=S)c2)C1. The monoisotopic (exact) mass is 277 g/mol. The van der Waals surface area contributed by atoms with E-state index in [1.54, 1.807) is 6.20 Å². The van der Waals surface area contributed by atoms with E-state index < -0.39 is 0 Å². The Morgan fingerprint density at radius 3 is 2.95 bits per heavy atom. The molecule has 2 N–H and O–H groups in total. The van der Waals surface area contributed by atoms with Crippen molar-refractivity contribution in [1.29, 1.82) is 0 Å². The third kappa shape index (κ3) is 3.29. The molecular weight excluding hydrogens is 258 g/mol. The molecule has 1 aliphatic rings. The molecule has 19 heavy (non-hydrogen) atoms. The summed E-state index contributed by atoms with van der Waals surface area (Å²) in [6.45, 7) is 5.78. The smallest absolute Gasteiger partial charge is 0.223 e. The summed E-state index contributed by atoms with van der Waals surface area (Å²) in [4.78, 5) is 18.3. The molecule has 2 heterocycles. The van der Waals surface area contributed by atoms with Crippen LogP contribution in [-0.2, 0) is 11.3 Å². The van der Waals surface area contributed by atoms with Crippen molar-refractivity contribution in [2.24, 2.45) is 17.6 Å². The minimum Gasteiger partial charge on any atom is -0.388 e. The first kappa shape index (κ1) is 13.9. The van der Waals surface area contributed by atoms with E-state index in [0.717, 1.165) is 12.1 Å². The lowest BCUT2D eigenvalue weighted by Crippen LogP contribution is -2.25. The molecule has 1 saturated heterocycles. The molecule has 0 radical (unpaired) electrons. The summed E-state index contributed by atoms with van der Waals surface area (Å²) in [6, 6.07) is 3.76. The number of hydrogen-bond acceptors (Lipinski definition) is 3. The molecule has 0 saturated carbocycles. The molecular formula is C14H19N3OS. The highest BCUT2D eigenvalue weighted by atomic mass is 32.1. The van der Waals surface area contributed by atoms with Gasteiger partial charge >= 0.3 is 0 Å². The Bertz CT molecular complexity index is 501. The lowest BCUT2D eigenvalue weighted by Gasteiger charge is -2.18. The van der Waals surface area contributed by atoms with Crippen molar-refractivity contribution >= 4 is 23.1 Å². The van der Waals surface area contributed by atoms with E-state index in [4.69, 9.17) is 18.0 Å². The molecule has 1 aliphatic heterocycles. The van der Waals surface area contributed by atoms with Gasteiger partial charge < -0.3 is 10.6 Å². The van der Waals surface area contributed by atoms with Gasteiger partial charge in [-0.2, -0.15) is 0 Å². The molecule has 1 aromatic heterocycles. The molecule has 0 spiro atoms. The highest BCUT2D eigenvalue weighted by molar-refractivity contribution is 7.80. The summed E-state index contributed by atoms with van der Waals surface area (Å²) in [6.07, 6.45) is 2.34. The number of carbonyl (C=O) groups excluding carboxylic acids is 1. The first-order chi connectivity index (χ1) is 8.97. The number of hydrogen-bond donors (Lipinski definition) is 1. The van der Waals surface area contributed by atoms with Crippen LogP contribution in [0.5, 0.6) is 0 Å². The number of aromatic nitrogens is 1. The van der Waals surface area contributed by atoms with Gasteiger partial charge in [-0.25, -0.2) is 0 Å². The number of carbonyl (C=O) groups is 1. The van der Waals surface area contributed by atoms with E-state index in [1.165, 1.54) is 0 Å². The van der Waals surface area contributed by atoms with Crippen LogP contribution in [0.25, 0.3) is 0 Å². The molecule has 102 valence electrons. The Balaban J connectivity index is 2.07. The third-order valence-corrected chi connectivity index (χ3v) is 3.85. The van der Waals surface area contributed by atoms with Crippen LogP contribution in [0.15, 0.2) is 18.3 Å². The van der Waals surface area contributed by atoms with Gasteiger partial charge in [0.15, 0.2) is 0 Å². The van der Waals surface area contributed by atoms with Gasteiger partial charge in [-0.05, 0) is 29.5 Å². The van der Waals surface area contributed by atoms with Gasteiger partial charge in [0.25, 0.3) is 0 Å². The highest BCUT2D eigenvalue weighted by Gasteiger charge is 2.31. The number of nitrogens with two attached hydrogens (primary N) is 1. The Labute approximate surface area is 119 Å². The maximum atomic E-state index is 12.0. The van der Waals surface area contributed by atoms with Gasteiger partial charge in [0.2, 0.25) is 5.91 Å². The number of pyridine rings is 1. The lowest BCUT2D eigenvalue weighted by atomic mass is 9.95. The summed E-state index contributed by atoms with van der Waals surface area (Å²) in [7, 11) is 0. The van der Waals surface area contributed by atoms with E-state index in [2.05, 4.69) is 18.8 Å². The van der Waals surface area contributed by atoms with Crippen LogP contribution in [0, 0.1) is 11.8 Å². The standard InChI is InChI=1S/C14H19N3OS/c1-9(2)11-6-13(18)17(8-11)7-10-3-4-16-12(5-10)14(15)19/h3-5,9,11H,6-8H2,1-2H3,(H2,15,19). The van der Waals surface area contributed by atoms with Crippen molar-refractivity contribution in [3.8, 4) is 0 Å². The average molecular weight is 277 g/mol. The minimum absolute atomic E-state index is 0.229. The van der Waals surface area contributed by atoms with Crippen molar-refractivity contribution < 1.29 is 4.79 Å². The number of amides is 1. The van der Waals surface area contributed by atoms with E-state index in [-0.39, 0.29) is 10.9 Å². The largest absolute Gasteiger partial charge is 0.388 e. The maximum Gasteiger partial charge on any atom is 0.223 e. The minimum atomic E-state index is 0.229. The molecule has 0 bridgehead atoms. The fourth-order valence-electron chi connectivity index (χ4n) is 2.33. The summed E-state index contributed by atoms with van der Waals surface area (Å²) in [5.74, 6) is 1.23. The Morgan fingerprint density at radius 1 is 1.63 bits per heavy atom. The molecule has 5 heteroatoms. The van der Waals surface area contributed by atoms with Crippen molar-refractivity contribution in [2.75, 3.05) is 6.54 Å². The van der Waals surface area contributed by atoms with Crippen LogP contribution in [0.1, 0.15) is 31.5 Å². The van der Waals surface area contributed by atoms with Crippen molar-refractivity contribution in [3.63, 3.8) is 0 Å². The molecule has 4 nitrogen and oxygen atoms in total. The second kappa shape index (κ2) is 5.65. The number of likely N-dealkylation sites (tertiary alicyclic amines) is 1. The van der Waals surface area contributed by atoms with E-state index in [1.807, 2.05) is 17.0 Å². The van der Waals surface area contributed by atoms with Gasteiger partial charge in [-0.1, -0.05) is 26.1 Å². The summed E-state index contributed by atoms with van der Waals surface area (Å²) < 4.78 is 0. The maximum absolute atomic E-state index is 12.0. The molecule has 1 fully saturated rings. The second-order valence-electron chi connectivity index (χ2n) is 5.40. The molecule has 1 amide bonds. The van der Waals surface area contributed by atoms with Crippen molar-refractivity contribution in [2.45, 2.75) is 26.8 Å². The van der Waals surface area contributed by atoms with Crippen LogP contribution >= 0.6 is 12.2 Å². The normalized spacial score (nSPS) is 19.2. The van der Waals surface area contributed by atoms with Gasteiger partial charge in [0, 0.05) is 25.7 Å². The number of thiocarbonyl (C=S) groups is 1. The Hall–Kier alpha value is -1.49. The van der Waals surface area contributed by atoms with Crippen LogP contribution < -0.4 is 5.73 Å². The predicted octanol–water partition coefficient (Wildman–Crippen LogP) is 1.72. The van der Waals surface area contributed by atoms with E-state index in [9.17, 15) is 4.79 Å². The zero-order valence-corrected chi connectivity index (χ0v) is 12.1. The van der Waals surface area contributed by atoms with E-state index in [0.29, 0.717) is 30.5 Å². The molecule has 1 aromatic rings.